The molecule has 2 rings (SSSR count). The normalized spacial score (nSPS) is 12.6. The average Bonchev–Trinajstić information content (AvgIpc) is 2.69. The highest BCUT2D eigenvalue weighted by Gasteiger charge is 2.15. The molecule has 0 aliphatic carbocycles. The molecule has 0 aliphatic heterocycles. The second-order valence-corrected chi connectivity index (χ2v) is 7.94. The molecule has 1 heterocycles. The van der Waals surface area contributed by atoms with E-state index in [0.29, 0.717) is 6.04 Å². The molecule has 19 heavy (non-hydrogen) atoms. The number of rotatable bonds is 5. The van der Waals surface area contributed by atoms with Crippen molar-refractivity contribution in [3.8, 4) is 0 Å². The molecule has 0 fully saturated rings. The molecule has 1 aromatic carbocycles. The predicted molar refractivity (Wildman–Crippen MR) is 91.3 cm³/mol. The first kappa shape index (κ1) is 15.5. The van der Waals surface area contributed by atoms with Gasteiger partial charge in [0.05, 0.1) is 8.81 Å². The molecule has 1 nitrogen and oxygen atoms in total. The van der Waals surface area contributed by atoms with Crippen LogP contribution < -0.4 is 5.32 Å². The van der Waals surface area contributed by atoms with Crippen molar-refractivity contribution in [2.24, 2.45) is 0 Å². The minimum absolute atomic E-state index is 0.299. The Hall–Kier alpha value is 0.130. The second kappa shape index (κ2) is 7.23. The van der Waals surface area contributed by atoms with Crippen LogP contribution in [-0.4, -0.2) is 6.54 Å². The molecule has 0 bridgehead atoms. The third-order valence-corrected chi connectivity index (χ3v) is 5.87. The Kier molecular flexibility index (Phi) is 5.90. The number of hydrogen-bond donors (Lipinski definition) is 1. The van der Waals surface area contributed by atoms with Gasteiger partial charge >= 0.3 is 0 Å². The topological polar surface area (TPSA) is 12.0 Å². The van der Waals surface area contributed by atoms with Crippen molar-refractivity contribution in [2.45, 2.75) is 19.4 Å². The van der Waals surface area contributed by atoms with Gasteiger partial charge in [-0.25, -0.2) is 0 Å². The van der Waals surface area contributed by atoms with E-state index in [9.17, 15) is 0 Å². The van der Waals surface area contributed by atoms with Gasteiger partial charge in [0.25, 0.3) is 0 Å². The number of halogens is 3. The summed E-state index contributed by atoms with van der Waals surface area (Å²) in [4.78, 5) is 1.26. The van der Waals surface area contributed by atoms with E-state index < -0.39 is 0 Å². The Balaban J connectivity index is 2.20. The predicted octanol–water partition coefficient (Wildman–Crippen LogP) is 5.82. The molecule has 102 valence electrons. The lowest BCUT2D eigenvalue weighted by Crippen LogP contribution is -2.22. The van der Waals surface area contributed by atoms with Crippen LogP contribution in [0.4, 0.5) is 0 Å². The molecular formula is C14H14Br2ClNS. The van der Waals surface area contributed by atoms with Crippen LogP contribution in [-0.2, 0) is 6.42 Å². The molecule has 1 atom stereocenters. The van der Waals surface area contributed by atoms with Crippen LogP contribution in [0.3, 0.4) is 0 Å². The lowest BCUT2D eigenvalue weighted by atomic mass is 10.0. The fourth-order valence-electron chi connectivity index (χ4n) is 1.95. The summed E-state index contributed by atoms with van der Waals surface area (Å²) >= 11 is 14.8. The number of nitrogens with one attached hydrogen (secondary N) is 1. The van der Waals surface area contributed by atoms with E-state index >= 15 is 0 Å². The highest BCUT2D eigenvalue weighted by Crippen LogP contribution is 2.36. The number of hydrogen-bond acceptors (Lipinski definition) is 2. The number of likely N-dealkylation sites (N-methyl/N-ethyl adjacent to an activating group) is 1. The quantitative estimate of drug-likeness (QED) is 0.639. The first-order chi connectivity index (χ1) is 9.10. The zero-order chi connectivity index (χ0) is 13.8. The minimum Gasteiger partial charge on any atom is -0.309 e. The fraction of sp³-hybridized carbons (Fsp3) is 0.286. The molecular weight excluding hydrogens is 409 g/mol. The zero-order valence-electron chi connectivity index (χ0n) is 10.4. The van der Waals surface area contributed by atoms with Gasteiger partial charge in [-0.3, -0.25) is 0 Å². The molecule has 0 aliphatic rings. The maximum absolute atomic E-state index is 6.13. The van der Waals surface area contributed by atoms with Crippen molar-refractivity contribution in [1.29, 1.82) is 0 Å². The summed E-state index contributed by atoms with van der Waals surface area (Å²) in [5.74, 6) is 0. The van der Waals surface area contributed by atoms with Crippen LogP contribution in [0.2, 0.25) is 5.02 Å². The van der Waals surface area contributed by atoms with Crippen molar-refractivity contribution >= 4 is 54.8 Å². The molecule has 5 heteroatoms. The maximum atomic E-state index is 6.13. The Labute approximate surface area is 139 Å². The van der Waals surface area contributed by atoms with Crippen molar-refractivity contribution in [2.75, 3.05) is 6.54 Å². The van der Waals surface area contributed by atoms with Crippen molar-refractivity contribution in [1.82, 2.24) is 5.32 Å². The Morgan fingerprint density at radius 1 is 1.32 bits per heavy atom. The Morgan fingerprint density at radius 2 is 2.11 bits per heavy atom. The number of benzene rings is 1. The summed E-state index contributed by atoms with van der Waals surface area (Å²) in [7, 11) is 0. The Morgan fingerprint density at radius 3 is 2.68 bits per heavy atom. The van der Waals surface area contributed by atoms with E-state index in [1.165, 1.54) is 10.4 Å². The van der Waals surface area contributed by atoms with Gasteiger partial charge < -0.3 is 5.32 Å². The summed E-state index contributed by atoms with van der Waals surface area (Å²) in [5, 5.41) is 4.31. The minimum atomic E-state index is 0.299. The summed E-state index contributed by atoms with van der Waals surface area (Å²) in [5.41, 5.74) is 1.31. The van der Waals surface area contributed by atoms with Crippen molar-refractivity contribution in [3.63, 3.8) is 0 Å². The second-order valence-electron chi connectivity index (χ2n) is 4.21. The summed E-state index contributed by atoms with van der Waals surface area (Å²) in [6, 6.07) is 10.8. The SMILES string of the molecule is CCNC(Cc1cccc(Br)c1)c1cc(Cl)c(Br)s1. The molecule has 0 saturated heterocycles. The van der Waals surface area contributed by atoms with E-state index in [-0.39, 0.29) is 0 Å². The number of thiophene rings is 1. The van der Waals surface area contributed by atoms with Gasteiger partial charge in [-0.15, -0.1) is 11.3 Å². The molecule has 1 N–H and O–H groups in total. The first-order valence-corrected chi connectivity index (χ1v) is 8.80. The van der Waals surface area contributed by atoms with E-state index in [2.05, 4.69) is 62.3 Å². The third-order valence-electron chi connectivity index (χ3n) is 2.79. The molecule has 0 radical (unpaired) electrons. The van der Waals surface area contributed by atoms with Gasteiger partial charge in [-0.1, -0.05) is 46.6 Å². The van der Waals surface area contributed by atoms with E-state index in [4.69, 9.17) is 11.6 Å². The van der Waals surface area contributed by atoms with Gasteiger partial charge in [0.15, 0.2) is 0 Å². The van der Waals surface area contributed by atoms with Crippen LogP contribution in [0.1, 0.15) is 23.4 Å². The standard InChI is InChI=1S/C14H14Br2ClNS/c1-2-18-12(13-8-11(17)14(16)19-13)7-9-4-3-5-10(15)6-9/h3-6,8,12,18H,2,7H2,1H3. The van der Waals surface area contributed by atoms with Crippen LogP contribution in [0.5, 0.6) is 0 Å². The van der Waals surface area contributed by atoms with Gasteiger partial charge in [0.2, 0.25) is 0 Å². The smallest absolute Gasteiger partial charge is 0.0887 e. The van der Waals surface area contributed by atoms with Gasteiger partial charge in [-0.2, -0.15) is 0 Å². The van der Waals surface area contributed by atoms with Crippen LogP contribution in [0, 0.1) is 0 Å². The Bertz CT molecular complexity index is 537. The lowest BCUT2D eigenvalue weighted by molar-refractivity contribution is 0.558. The first-order valence-electron chi connectivity index (χ1n) is 6.02. The van der Waals surface area contributed by atoms with Gasteiger partial charge in [0.1, 0.15) is 0 Å². The zero-order valence-corrected chi connectivity index (χ0v) is 15.2. The monoisotopic (exact) mass is 421 g/mol. The van der Waals surface area contributed by atoms with Crippen LogP contribution >= 0.6 is 54.8 Å². The molecule has 0 spiro atoms. The molecule has 1 aromatic heterocycles. The largest absolute Gasteiger partial charge is 0.309 e. The van der Waals surface area contributed by atoms with E-state index in [1.54, 1.807) is 11.3 Å². The highest BCUT2D eigenvalue weighted by molar-refractivity contribution is 9.11. The fourth-order valence-corrected chi connectivity index (χ4v) is 4.22. The summed E-state index contributed by atoms with van der Waals surface area (Å²) < 4.78 is 2.12. The van der Waals surface area contributed by atoms with Gasteiger partial charge in [-0.05, 0) is 52.7 Å². The molecule has 2 aromatic rings. The highest BCUT2D eigenvalue weighted by atomic mass is 79.9. The van der Waals surface area contributed by atoms with E-state index in [0.717, 1.165) is 26.2 Å². The third kappa shape index (κ3) is 4.30. The molecule has 1 unspecified atom stereocenters. The van der Waals surface area contributed by atoms with E-state index in [1.807, 2.05) is 12.1 Å². The molecule has 0 saturated carbocycles. The van der Waals surface area contributed by atoms with Crippen LogP contribution in [0.15, 0.2) is 38.6 Å². The lowest BCUT2D eigenvalue weighted by Gasteiger charge is -2.16. The average molecular weight is 424 g/mol. The summed E-state index contributed by atoms with van der Waals surface area (Å²) in [6.45, 7) is 3.06. The molecule has 0 amide bonds. The maximum Gasteiger partial charge on any atom is 0.0887 e. The van der Waals surface area contributed by atoms with Crippen molar-refractivity contribution < 1.29 is 0 Å². The summed E-state index contributed by atoms with van der Waals surface area (Å²) in [6.07, 6.45) is 0.955. The van der Waals surface area contributed by atoms with Gasteiger partial charge in [0, 0.05) is 15.4 Å². The van der Waals surface area contributed by atoms with Crippen LogP contribution in [0.25, 0.3) is 0 Å². The van der Waals surface area contributed by atoms with Crippen molar-refractivity contribution in [3.05, 3.63) is 54.1 Å².